The second-order valence-electron chi connectivity index (χ2n) is 5.25. The molecule has 0 aromatic carbocycles. The number of rotatable bonds is 5. The zero-order valence-corrected chi connectivity index (χ0v) is 12.6. The van der Waals surface area contributed by atoms with Gasteiger partial charge in [-0.25, -0.2) is 4.79 Å². The van der Waals surface area contributed by atoms with Gasteiger partial charge < -0.3 is 15.8 Å². The van der Waals surface area contributed by atoms with Crippen molar-refractivity contribution in [2.24, 2.45) is 11.1 Å². The van der Waals surface area contributed by atoms with Gasteiger partial charge in [-0.2, -0.15) is 0 Å². The molecule has 0 saturated heterocycles. The van der Waals surface area contributed by atoms with Gasteiger partial charge in [0.2, 0.25) is 5.91 Å². The third kappa shape index (κ3) is 5.37. The summed E-state index contributed by atoms with van der Waals surface area (Å²) in [5.74, 6) is -0.533. The molecule has 0 bridgehead atoms. The molecule has 3 N–H and O–H groups in total. The zero-order valence-electron chi connectivity index (χ0n) is 11.7. The van der Waals surface area contributed by atoms with Gasteiger partial charge in [-0.3, -0.25) is 4.79 Å². The van der Waals surface area contributed by atoms with Crippen LogP contribution in [0, 0.1) is 5.41 Å². The van der Waals surface area contributed by atoms with E-state index >= 15 is 0 Å². The maximum Gasteiger partial charge on any atom is 0.328 e. The van der Waals surface area contributed by atoms with E-state index in [4.69, 9.17) is 5.73 Å². The number of carbonyl (C=O) groups excluding carboxylic acids is 2. The second kappa shape index (κ2) is 8.38. The molecular formula is C13H25ClN2O3. The van der Waals surface area contributed by atoms with Crippen LogP contribution in [-0.2, 0) is 14.3 Å². The van der Waals surface area contributed by atoms with Crippen LogP contribution in [0.4, 0.5) is 0 Å². The molecule has 0 aliphatic heterocycles. The van der Waals surface area contributed by atoms with E-state index < -0.39 is 12.0 Å². The highest BCUT2D eigenvalue weighted by molar-refractivity contribution is 5.85. The van der Waals surface area contributed by atoms with Crippen LogP contribution in [0.1, 0.15) is 45.4 Å². The molecule has 5 nitrogen and oxygen atoms in total. The number of methoxy groups -OCH3 is 1. The first-order valence-corrected chi connectivity index (χ1v) is 6.60. The van der Waals surface area contributed by atoms with Crippen LogP contribution in [0.25, 0.3) is 0 Å². The van der Waals surface area contributed by atoms with Crippen LogP contribution in [-0.4, -0.2) is 31.6 Å². The molecule has 1 amide bonds. The molecule has 1 aliphatic carbocycles. The van der Waals surface area contributed by atoms with Crippen LogP contribution in [0.2, 0.25) is 0 Å². The number of hydrogen-bond acceptors (Lipinski definition) is 4. The van der Waals surface area contributed by atoms with Gasteiger partial charge >= 0.3 is 5.97 Å². The lowest BCUT2D eigenvalue weighted by Crippen LogP contribution is -2.43. The van der Waals surface area contributed by atoms with E-state index in [1.165, 1.54) is 13.5 Å². The second-order valence-corrected chi connectivity index (χ2v) is 5.25. The maximum atomic E-state index is 11.9. The largest absolute Gasteiger partial charge is 0.467 e. The van der Waals surface area contributed by atoms with Gasteiger partial charge in [0.15, 0.2) is 0 Å². The van der Waals surface area contributed by atoms with Crippen molar-refractivity contribution in [1.29, 1.82) is 0 Å². The number of esters is 1. The van der Waals surface area contributed by atoms with Crippen molar-refractivity contribution in [2.45, 2.75) is 51.5 Å². The summed E-state index contributed by atoms with van der Waals surface area (Å²) in [6.07, 6.45) is 5.91. The molecule has 1 saturated carbocycles. The molecule has 0 aromatic heterocycles. The lowest BCUT2D eigenvalue weighted by atomic mass is 9.71. The van der Waals surface area contributed by atoms with Gasteiger partial charge in [-0.1, -0.05) is 19.3 Å². The number of hydrogen-bond donors (Lipinski definition) is 2. The lowest BCUT2D eigenvalue weighted by molar-refractivity contribution is -0.144. The number of nitrogens with two attached hydrogens (primary N) is 1. The summed E-state index contributed by atoms with van der Waals surface area (Å²) in [4.78, 5) is 23.2. The number of carbonyl (C=O) groups is 2. The summed E-state index contributed by atoms with van der Waals surface area (Å²) >= 11 is 0. The average Bonchev–Trinajstić information content (AvgIpc) is 2.38. The fourth-order valence-electron chi connectivity index (χ4n) is 2.62. The molecule has 1 atom stereocenters. The molecule has 1 fully saturated rings. The highest BCUT2D eigenvalue weighted by Crippen LogP contribution is 2.38. The summed E-state index contributed by atoms with van der Waals surface area (Å²) < 4.78 is 4.58. The van der Waals surface area contributed by atoms with E-state index in [2.05, 4.69) is 10.1 Å². The van der Waals surface area contributed by atoms with Crippen LogP contribution >= 0.6 is 12.4 Å². The predicted molar refractivity (Wildman–Crippen MR) is 76.1 cm³/mol. The Labute approximate surface area is 121 Å². The van der Waals surface area contributed by atoms with Crippen molar-refractivity contribution in [1.82, 2.24) is 5.32 Å². The summed E-state index contributed by atoms with van der Waals surface area (Å²) in [6.45, 7) is 2.16. The number of ether oxygens (including phenoxy) is 1. The van der Waals surface area contributed by atoms with Crippen molar-refractivity contribution in [3.63, 3.8) is 0 Å². The molecule has 1 aliphatic rings. The Morgan fingerprint density at radius 1 is 1.32 bits per heavy atom. The SMILES string of the molecule is COC(=O)[C@@H](C)NC(=O)CC1(CN)CCCCC1.Cl. The molecule has 0 unspecified atom stereocenters. The average molecular weight is 293 g/mol. The Hall–Kier alpha value is -0.810. The van der Waals surface area contributed by atoms with Crippen LogP contribution in [0.3, 0.4) is 0 Å². The van der Waals surface area contributed by atoms with Gasteiger partial charge in [-0.15, -0.1) is 12.4 Å². The maximum absolute atomic E-state index is 11.9. The first-order valence-electron chi connectivity index (χ1n) is 6.60. The predicted octanol–water partition coefficient (Wildman–Crippen LogP) is 1.39. The van der Waals surface area contributed by atoms with Crippen molar-refractivity contribution < 1.29 is 14.3 Å². The number of halogens is 1. The van der Waals surface area contributed by atoms with Gasteiger partial charge in [-0.05, 0) is 31.7 Å². The van der Waals surface area contributed by atoms with E-state index in [1.54, 1.807) is 6.92 Å². The normalized spacial score (nSPS) is 18.9. The van der Waals surface area contributed by atoms with Crippen LogP contribution in [0.5, 0.6) is 0 Å². The van der Waals surface area contributed by atoms with Crippen molar-refractivity contribution >= 4 is 24.3 Å². The Bertz CT molecular complexity index is 304. The summed E-state index contributed by atoms with van der Waals surface area (Å²) in [6, 6.07) is -0.596. The molecule has 1 rings (SSSR count). The van der Waals surface area contributed by atoms with Gasteiger partial charge in [0.25, 0.3) is 0 Å². The molecule has 0 heterocycles. The highest BCUT2D eigenvalue weighted by atomic mass is 35.5. The van der Waals surface area contributed by atoms with Gasteiger partial charge in [0.05, 0.1) is 7.11 Å². The van der Waals surface area contributed by atoms with Crippen molar-refractivity contribution in [3.8, 4) is 0 Å². The molecule has 0 radical (unpaired) electrons. The van der Waals surface area contributed by atoms with Crippen molar-refractivity contribution in [3.05, 3.63) is 0 Å². The molecule has 19 heavy (non-hydrogen) atoms. The first kappa shape index (κ1) is 18.2. The lowest BCUT2D eigenvalue weighted by Gasteiger charge is -2.35. The minimum Gasteiger partial charge on any atom is -0.467 e. The third-order valence-electron chi connectivity index (χ3n) is 3.82. The zero-order chi connectivity index (χ0) is 13.6. The highest BCUT2D eigenvalue weighted by Gasteiger charge is 2.33. The molecular weight excluding hydrogens is 268 g/mol. The van der Waals surface area contributed by atoms with Crippen LogP contribution in [0.15, 0.2) is 0 Å². The number of nitrogens with one attached hydrogen (secondary N) is 1. The minimum absolute atomic E-state index is 0. The molecule has 0 aromatic rings. The standard InChI is InChI=1S/C13H24N2O3.ClH/c1-10(12(17)18-2)15-11(16)8-13(9-14)6-4-3-5-7-13;/h10H,3-9,14H2,1-2H3,(H,15,16);1H/t10-;/m1./s1. The Morgan fingerprint density at radius 2 is 1.89 bits per heavy atom. The fourth-order valence-corrected chi connectivity index (χ4v) is 2.62. The van der Waals surface area contributed by atoms with E-state index in [-0.39, 0.29) is 23.7 Å². The van der Waals surface area contributed by atoms with E-state index in [0.29, 0.717) is 13.0 Å². The fraction of sp³-hybridized carbons (Fsp3) is 0.846. The Morgan fingerprint density at radius 3 is 2.37 bits per heavy atom. The van der Waals surface area contributed by atoms with Gasteiger partial charge in [0.1, 0.15) is 6.04 Å². The third-order valence-corrected chi connectivity index (χ3v) is 3.82. The van der Waals surface area contributed by atoms with Crippen LogP contribution < -0.4 is 11.1 Å². The summed E-state index contributed by atoms with van der Waals surface area (Å²) in [5.41, 5.74) is 5.76. The molecule has 6 heteroatoms. The Balaban J connectivity index is 0.00000324. The Kier molecular flexibility index (Phi) is 8.02. The topological polar surface area (TPSA) is 81.4 Å². The summed E-state index contributed by atoms with van der Waals surface area (Å²) in [7, 11) is 1.31. The molecule has 112 valence electrons. The summed E-state index contributed by atoms with van der Waals surface area (Å²) in [5, 5.41) is 2.67. The van der Waals surface area contributed by atoms with E-state index in [0.717, 1.165) is 25.7 Å². The molecule has 0 spiro atoms. The number of amides is 1. The quantitative estimate of drug-likeness (QED) is 0.750. The van der Waals surface area contributed by atoms with Crippen molar-refractivity contribution in [2.75, 3.05) is 13.7 Å². The monoisotopic (exact) mass is 292 g/mol. The van der Waals surface area contributed by atoms with E-state index in [9.17, 15) is 9.59 Å². The minimum atomic E-state index is -0.596. The first-order chi connectivity index (χ1) is 8.53. The van der Waals surface area contributed by atoms with Gasteiger partial charge in [0, 0.05) is 6.42 Å². The van der Waals surface area contributed by atoms with E-state index in [1.807, 2.05) is 0 Å². The smallest absolute Gasteiger partial charge is 0.328 e.